The number of fused-ring (bicyclic) bond motifs is 1. The van der Waals surface area contributed by atoms with Gasteiger partial charge in [0.05, 0.1) is 18.0 Å². The van der Waals surface area contributed by atoms with Crippen molar-refractivity contribution in [3.05, 3.63) is 48.0 Å². The fraction of sp³-hybridized carbons (Fsp3) is 0.300. The van der Waals surface area contributed by atoms with Crippen LogP contribution in [0.3, 0.4) is 0 Å². The summed E-state index contributed by atoms with van der Waals surface area (Å²) in [6.45, 7) is 4.65. The molecule has 0 fully saturated rings. The zero-order valence-electron chi connectivity index (χ0n) is 15.0. The minimum Gasteiger partial charge on any atom is -0.492 e. The summed E-state index contributed by atoms with van der Waals surface area (Å²) in [6.07, 6.45) is 0.180. The first kappa shape index (κ1) is 17.8. The standard InChI is InChI=1S/C20H22N2O4/c1-3-25-17-7-5-4-6-15(17)21-19(23)10-11-22-16-12-14(2)8-9-18(16)26-13-20(22)24/h4-9,12H,3,10-11,13H2,1-2H3,(H,21,23). The molecule has 136 valence electrons. The van der Waals surface area contributed by atoms with E-state index in [1.807, 2.05) is 50.2 Å². The highest BCUT2D eigenvalue weighted by Gasteiger charge is 2.26. The average Bonchev–Trinajstić information content (AvgIpc) is 2.63. The molecule has 1 heterocycles. The van der Waals surface area contributed by atoms with E-state index in [0.717, 1.165) is 5.56 Å². The Morgan fingerprint density at radius 1 is 1.27 bits per heavy atom. The number of rotatable bonds is 6. The molecular weight excluding hydrogens is 332 g/mol. The second-order valence-corrected chi connectivity index (χ2v) is 6.03. The quantitative estimate of drug-likeness (QED) is 0.865. The van der Waals surface area contributed by atoms with E-state index in [2.05, 4.69) is 5.32 Å². The minimum absolute atomic E-state index is 0.00907. The molecule has 2 amide bonds. The van der Waals surface area contributed by atoms with Crippen molar-refractivity contribution in [3.8, 4) is 11.5 Å². The lowest BCUT2D eigenvalue weighted by atomic mass is 10.1. The Balaban J connectivity index is 1.67. The van der Waals surface area contributed by atoms with E-state index >= 15 is 0 Å². The number of carbonyl (C=O) groups is 2. The number of hydrogen-bond acceptors (Lipinski definition) is 4. The lowest BCUT2D eigenvalue weighted by Gasteiger charge is -2.29. The number of carbonyl (C=O) groups excluding carboxylic acids is 2. The molecule has 0 aromatic heterocycles. The molecule has 0 unspecified atom stereocenters. The molecule has 0 atom stereocenters. The molecule has 6 heteroatoms. The monoisotopic (exact) mass is 354 g/mol. The Kier molecular flexibility index (Phi) is 5.41. The molecular formula is C20H22N2O4. The van der Waals surface area contributed by atoms with E-state index in [-0.39, 0.29) is 24.8 Å². The molecule has 1 aliphatic heterocycles. The summed E-state index contributed by atoms with van der Waals surface area (Å²) in [7, 11) is 0. The van der Waals surface area contributed by atoms with E-state index in [1.54, 1.807) is 11.0 Å². The van der Waals surface area contributed by atoms with Crippen LogP contribution >= 0.6 is 0 Å². The summed E-state index contributed by atoms with van der Waals surface area (Å²) in [5.41, 5.74) is 2.37. The van der Waals surface area contributed by atoms with Gasteiger partial charge >= 0.3 is 0 Å². The average molecular weight is 354 g/mol. The van der Waals surface area contributed by atoms with Gasteiger partial charge in [0.2, 0.25) is 5.91 Å². The van der Waals surface area contributed by atoms with Gasteiger partial charge in [0.15, 0.2) is 6.61 Å². The van der Waals surface area contributed by atoms with Crippen molar-refractivity contribution >= 4 is 23.2 Å². The maximum atomic E-state index is 12.4. The Bertz CT molecular complexity index is 819. The molecule has 0 radical (unpaired) electrons. The van der Waals surface area contributed by atoms with Gasteiger partial charge < -0.3 is 19.7 Å². The van der Waals surface area contributed by atoms with Gasteiger partial charge in [-0.05, 0) is 43.7 Å². The number of benzene rings is 2. The van der Waals surface area contributed by atoms with Crippen LogP contribution in [0.5, 0.6) is 11.5 Å². The number of nitrogens with one attached hydrogen (secondary N) is 1. The largest absolute Gasteiger partial charge is 0.492 e. The van der Waals surface area contributed by atoms with E-state index < -0.39 is 0 Å². The molecule has 0 aliphatic carbocycles. The molecule has 2 aromatic carbocycles. The van der Waals surface area contributed by atoms with Gasteiger partial charge in [0, 0.05) is 13.0 Å². The molecule has 0 saturated heterocycles. The fourth-order valence-electron chi connectivity index (χ4n) is 2.83. The molecule has 26 heavy (non-hydrogen) atoms. The van der Waals surface area contributed by atoms with Crippen molar-refractivity contribution in [1.29, 1.82) is 0 Å². The van der Waals surface area contributed by atoms with E-state index in [9.17, 15) is 9.59 Å². The second kappa shape index (κ2) is 7.91. The SMILES string of the molecule is CCOc1ccccc1NC(=O)CCN1C(=O)COc2ccc(C)cc21. The Morgan fingerprint density at radius 2 is 2.08 bits per heavy atom. The second-order valence-electron chi connectivity index (χ2n) is 6.03. The summed E-state index contributed by atoms with van der Waals surface area (Å²) in [4.78, 5) is 26.2. The third kappa shape index (κ3) is 3.96. The van der Waals surface area contributed by atoms with Gasteiger partial charge in [-0.1, -0.05) is 18.2 Å². The number of nitrogens with zero attached hydrogens (tertiary/aromatic N) is 1. The fourth-order valence-corrected chi connectivity index (χ4v) is 2.83. The first-order valence-corrected chi connectivity index (χ1v) is 8.64. The number of para-hydroxylation sites is 2. The molecule has 0 saturated carbocycles. The van der Waals surface area contributed by atoms with Crippen molar-refractivity contribution in [2.75, 3.05) is 30.0 Å². The van der Waals surface area contributed by atoms with Crippen LogP contribution in [0.2, 0.25) is 0 Å². The summed E-state index contributed by atoms with van der Waals surface area (Å²) in [6, 6.07) is 13.0. The normalized spacial score (nSPS) is 13.0. The Hall–Kier alpha value is -3.02. The number of aryl methyl sites for hydroxylation is 1. The summed E-state index contributed by atoms with van der Waals surface area (Å²) in [5, 5.41) is 2.85. The number of amides is 2. The van der Waals surface area contributed by atoms with Crippen LogP contribution in [0.25, 0.3) is 0 Å². The van der Waals surface area contributed by atoms with Gasteiger partial charge in [0.25, 0.3) is 5.91 Å². The van der Waals surface area contributed by atoms with Crippen LogP contribution in [-0.4, -0.2) is 31.6 Å². The highest BCUT2D eigenvalue weighted by Crippen LogP contribution is 2.33. The van der Waals surface area contributed by atoms with Crippen LogP contribution in [0.1, 0.15) is 18.9 Å². The van der Waals surface area contributed by atoms with Crippen LogP contribution in [-0.2, 0) is 9.59 Å². The highest BCUT2D eigenvalue weighted by atomic mass is 16.5. The van der Waals surface area contributed by atoms with E-state index in [0.29, 0.717) is 36.0 Å². The topological polar surface area (TPSA) is 67.9 Å². The molecule has 6 nitrogen and oxygen atoms in total. The smallest absolute Gasteiger partial charge is 0.265 e. The molecule has 3 rings (SSSR count). The summed E-state index contributed by atoms with van der Waals surface area (Å²) < 4.78 is 11.0. The third-order valence-electron chi connectivity index (χ3n) is 4.08. The summed E-state index contributed by atoms with van der Waals surface area (Å²) in [5.74, 6) is 0.973. The van der Waals surface area contributed by atoms with Crippen LogP contribution < -0.4 is 19.7 Å². The molecule has 0 bridgehead atoms. The van der Waals surface area contributed by atoms with Crippen LogP contribution in [0, 0.1) is 6.92 Å². The van der Waals surface area contributed by atoms with E-state index in [1.165, 1.54) is 0 Å². The zero-order valence-corrected chi connectivity index (χ0v) is 15.0. The van der Waals surface area contributed by atoms with Crippen molar-refractivity contribution in [2.45, 2.75) is 20.3 Å². The van der Waals surface area contributed by atoms with Crippen molar-refractivity contribution in [2.24, 2.45) is 0 Å². The highest BCUT2D eigenvalue weighted by molar-refractivity contribution is 5.99. The van der Waals surface area contributed by atoms with Gasteiger partial charge in [-0.15, -0.1) is 0 Å². The number of ether oxygens (including phenoxy) is 2. The van der Waals surface area contributed by atoms with Gasteiger partial charge in [-0.25, -0.2) is 0 Å². The first-order chi connectivity index (χ1) is 12.6. The molecule has 0 spiro atoms. The van der Waals surface area contributed by atoms with E-state index in [4.69, 9.17) is 9.47 Å². The van der Waals surface area contributed by atoms with Crippen molar-refractivity contribution in [3.63, 3.8) is 0 Å². The summed E-state index contributed by atoms with van der Waals surface area (Å²) >= 11 is 0. The van der Waals surface area contributed by atoms with Crippen LogP contribution in [0.4, 0.5) is 11.4 Å². The first-order valence-electron chi connectivity index (χ1n) is 8.64. The Morgan fingerprint density at radius 3 is 2.88 bits per heavy atom. The lowest BCUT2D eigenvalue weighted by molar-refractivity contribution is -0.121. The predicted octanol–water partition coefficient (Wildman–Crippen LogP) is 3.15. The van der Waals surface area contributed by atoms with Gasteiger partial charge in [-0.2, -0.15) is 0 Å². The zero-order chi connectivity index (χ0) is 18.5. The third-order valence-corrected chi connectivity index (χ3v) is 4.08. The number of anilines is 2. The predicted molar refractivity (Wildman–Crippen MR) is 99.9 cm³/mol. The maximum Gasteiger partial charge on any atom is 0.265 e. The lowest BCUT2D eigenvalue weighted by Crippen LogP contribution is -2.40. The molecule has 1 N–H and O–H groups in total. The minimum atomic E-state index is -0.175. The van der Waals surface area contributed by atoms with Crippen LogP contribution in [0.15, 0.2) is 42.5 Å². The maximum absolute atomic E-state index is 12.4. The Labute approximate surface area is 152 Å². The van der Waals surface area contributed by atoms with Gasteiger partial charge in [-0.3, -0.25) is 9.59 Å². The van der Waals surface area contributed by atoms with Gasteiger partial charge in [0.1, 0.15) is 11.5 Å². The molecule has 2 aromatic rings. The molecule has 1 aliphatic rings. The van der Waals surface area contributed by atoms with Crippen molar-refractivity contribution < 1.29 is 19.1 Å². The van der Waals surface area contributed by atoms with Crippen molar-refractivity contribution in [1.82, 2.24) is 0 Å². The number of hydrogen-bond donors (Lipinski definition) is 1.